The van der Waals surface area contributed by atoms with Crippen molar-refractivity contribution in [2.45, 2.75) is 20.8 Å². The van der Waals surface area contributed by atoms with Crippen molar-refractivity contribution >= 4 is 5.97 Å². The van der Waals surface area contributed by atoms with E-state index in [0.29, 0.717) is 5.75 Å². The van der Waals surface area contributed by atoms with Crippen LogP contribution in [0.1, 0.15) is 28.4 Å². The third-order valence-corrected chi connectivity index (χ3v) is 3.91. The van der Waals surface area contributed by atoms with E-state index in [9.17, 15) is 4.79 Å². The van der Waals surface area contributed by atoms with Crippen LogP contribution in [-0.2, 0) is 4.74 Å². The number of nitrogens with zero attached hydrogens (tertiary/aromatic N) is 4. The lowest BCUT2D eigenvalue weighted by Crippen LogP contribution is -2.09. The maximum absolute atomic E-state index is 12.4. The second-order valence-corrected chi connectivity index (χ2v) is 6.17. The molecule has 0 unspecified atom stereocenters. The van der Waals surface area contributed by atoms with Gasteiger partial charge in [-0.3, -0.25) is 0 Å². The van der Waals surface area contributed by atoms with Gasteiger partial charge in [-0.1, -0.05) is 6.07 Å². The first kappa shape index (κ1) is 20.1. The van der Waals surface area contributed by atoms with Gasteiger partial charge in [0.25, 0.3) is 5.95 Å². The molecule has 0 radical (unpaired) electrons. The Hall–Kier alpha value is -3.62. The van der Waals surface area contributed by atoms with Gasteiger partial charge in [0, 0.05) is 0 Å². The van der Waals surface area contributed by atoms with Gasteiger partial charge in [-0.2, -0.15) is 19.7 Å². The number of ether oxygens (including phenoxy) is 4. The van der Waals surface area contributed by atoms with Gasteiger partial charge in [-0.25, -0.2) is 4.79 Å². The van der Waals surface area contributed by atoms with Crippen LogP contribution >= 0.6 is 0 Å². The van der Waals surface area contributed by atoms with Crippen molar-refractivity contribution in [2.75, 3.05) is 20.8 Å². The minimum atomic E-state index is -0.562. The van der Waals surface area contributed by atoms with Gasteiger partial charge in [0.15, 0.2) is 0 Å². The summed E-state index contributed by atoms with van der Waals surface area (Å²) < 4.78 is 22.9. The van der Waals surface area contributed by atoms with Crippen LogP contribution < -0.4 is 14.2 Å². The zero-order chi connectivity index (χ0) is 21.0. The molecule has 0 amide bonds. The quantitative estimate of drug-likeness (QED) is 0.560. The normalized spacial score (nSPS) is 10.5. The molecule has 0 spiro atoms. The number of carbonyl (C=O) groups is 1. The number of rotatable bonds is 7. The molecule has 2 aromatic heterocycles. The first-order valence-corrected chi connectivity index (χ1v) is 8.93. The van der Waals surface area contributed by atoms with Crippen molar-refractivity contribution < 1.29 is 23.7 Å². The molecule has 3 rings (SSSR count). The fourth-order valence-electron chi connectivity index (χ4n) is 2.73. The minimum Gasteiger partial charge on any atom is -0.481 e. The molecule has 0 saturated heterocycles. The third-order valence-electron chi connectivity index (χ3n) is 3.91. The van der Waals surface area contributed by atoms with Crippen LogP contribution in [0.25, 0.3) is 5.95 Å². The Balaban J connectivity index is 2.14. The smallest absolute Gasteiger partial charge is 0.345 e. The molecule has 3 aromatic rings. The molecule has 0 saturated carbocycles. The Morgan fingerprint density at radius 3 is 2.17 bits per heavy atom. The van der Waals surface area contributed by atoms with Crippen molar-refractivity contribution in [3.63, 3.8) is 0 Å². The van der Waals surface area contributed by atoms with E-state index in [1.807, 2.05) is 32.0 Å². The monoisotopic (exact) mass is 398 g/mol. The number of benzene rings is 1. The van der Waals surface area contributed by atoms with Gasteiger partial charge < -0.3 is 18.9 Å². The molecule has 0 N–H and O–H groups in total. The molecular weight excluding hydrogens is 376 g/mol. The zero-order valence-corrected chi connectivity index (χ0v) is 16.9. The van der Waals surface area contributed by atoms with Crippen molar-refractivity contribution in [1.82, 2.24) is 19.7 Å². The SMILES string of the molecule is CCOC(=O)c1cnn(-c2nc(OC)cc(OC)n2)c1Oc1cc(C)cc(C)c1. The Bertz CT molecular complexity index is 989. The predicted octanol–water partition coefficient (Wildman–Crippen LogP) is 3.27. The van der Waals surface area contributed by atoms with E-state index in [-0.39, 0.29) is 35.8 Å². The van der Waals surface area contributed by atoms with Crippen LogP contribution in [0.4, 0.5) is 0 Å². The molecule has 1 aromatic carbocycles. The minimum absolute atomic E-state index is 0.121. The molecule has 9 heteroatoms. The zero-order valence-electron chi connectivity index (χ0n) is 16.9. The Kier molecular flexibility index (Phi) is 5.96. The van der Waals surface area contributed by atoms with Crippen LogP contribution in [0.2, 0.25) is 0 Å². The predicted molar refractivity (Wildman–Crippen MR) is 104 cm³/mol. The summed E-state index contributed by atoms with van der Waals surface area (Å²) >= 11 is 0. The van der Waals surface area contributed by atoms with Crippen LogP contribution in [0.3, 0.4) is 0 Å². The Labute approximate surface area is 168 Å². The average molecular weight is 398 g/mol. The van der Waals surface area contributed by atoms with Crippen molar-refractivity contribution in [2.24, 2.45) is 0 Å². The number of hydrogen-bond donors (Lipinski definition) is 0. The average Bonchev–Trinajstić information content (AvgIpc) is 3.10. The molecule has 0 aliphatic carbocycles. The second-order valence-electron chi connectivity index (χ2n) is 6.17. The number of aromatic nitrogens is 4. The van der Waals surface area contributed by atoms with Gasteiger partial charge in [0.05, 0.1) is 33.1 Å². The molecule has 152 valence electrons. The van der Waals surface area contributed by atoms with Crippen molar-refractivity contribution in [1.29, 1.82) is 0 Å². The van der Waals surface area contributed by atoms with Crippen molar-refractivity contribution in [3.8, 4) is 29.3 Å². The van der Waals surface area contributed by atoms with Crippen LogP contribution in [-0.4, -0.2) is 46.5 Å². The summed E-state index contributed by atoms with van der Waals surface area (Å²) in [5.74, 6) is 0.785. The van der Waals surface area contributed by atoms with E-state index in [0.717, 1.165) is 11.1 Å². The lowest BCUT2D eigenvalue weighted by atomic mass is 10.1. The summed E-state index contributed by atoms with van der Waals surface area (Å²) in [7, 11) is 2.96. The molecule has 0 atom stereocenters. The standard InChI is InChI=1S/C20H22N4O5/c1-6-28-19(25)15-11-21-24(20-22-16(26-4)10-17(23-20)27-5)18(15)29-14-8-12(2)7-13(3)9-14/h7-11H,6H2,1-5H3. The number of aryl methyl sites for hydroxylation is 2. The second kappa shape index (κ2) is 8.59. The van der Waals surface area contributed by atoms with Crippen LogP contribution in [0.15, 0.2) is 30.5 Å². The molecule has 0 bridgehead atoms. The molecule has 0 aliphatic heterocycles. The largest absolute Gasteiger partial charge is 0.481 e. The first-order chi connectivity index (χ1) is 13.9. The fraction of sp³-hybridized carbons (Fsp3) is 0.300. The van der Waals surface area contributed by atoms with Crippen LogP contribution in [0.5, 0.6) is 23.4 Å². The summed E-state index contributed by atoms with van der Waals surface area (Å²) in [4.78, 5) is 21.0. The fourth-order valence-corrected chi connectivity index (χ4v) is 2.73. The third kappa shape index (κ3) is 4.45. The lowest BCUT2D eigenvalue weighted by Gasteiger charge is -2.12. The maximum atomic E-state index is 12.4. The maximum Gasteiger partial charge on any atom is 0.345 e. The summed E-state index contributed by atoms with van der Waals surface area (Å²) in [5, 5.41) is 4.24. The van der Waals surface area contributed by atoms with E-state index in [1.54, 1.807) is 6.92 Å². The van der Waals surface area contributed by atoms with E-state index in [4.69, 9.17) is 18.9 Å². The van der Waals surface area contributed by atoms with E-state index in [2.05, 4.69) is 15.1 Å². The van der Waals surface area contributed by atoms with Gasteiger partial charge in [-0.15, -0.1) is 0 Å². The molecule has 29 heavy (non-hydrogen) atoms. The highest BCUT2D eigenvalue weighted by molar-refractivity contribution is 5.92. The van der Waals surface area contributed by atoms with E-state index >= 15 is 0 Å². The number of hydrogen-bond acceptors (Lipinski definition) is 8. The summed E-state index contributed by atoms with van der Waals surface area (Å²) in [6.07, 6.45) is 1.35. The first-order valence-electron chi connectivity index (χ1n) is 8.93. The molecule has 9 nitrogen and oxygen atoms in total. The molecule has 0 aliphatic rings. The van der Waals surface area contributed by atoms with E-state index in [1.165, 1.54) is 31.2 Å². The van der Waals surface area contributed by atoms with Crippen LogP contribution in [0, 0.1) is 13.8 Å². The summed E-state index contributed by atoms with van der Waals surface area (Å²) in [6, 6.07) is 7.26. The van der Waals surface area contributed by atoms with Gasteiger partial charge >= 0.3 is 5.97 Å². The summed E-state index contributed by atoms with van der Waals surface area (Å²) in [6.45, 7) is 5.86. The van der Waals surface area contributed by atoms with Gasteiger partial charge in [0.1, 0.15) is 11.3 Å². The highest BCUT2D eigenvalue weighted by atomic mass is 16.5. The molecule has 2 heterocycles. The highest BCUT2D eigenvalue weighted by Gasteiger charge is 2.24. The van der Waals surface area contributed by atoms with Crippen molar-refractivity contribution in [3.05, 3.63) is 47.2 Å². The topological polar surface area (TPSA) is 97.6 Å². The molecular formula is C20H22N4O5. The highest BCUT2D eigenvalue weighted by Crippen LogP contribution is 2.30. The van der Waals surface area contributed by atoms with E-state index < -0.39 is 5.97 Å². The Morgan fingerprint density at radius 2 is 1.62 bits per heavy atom. The summed E-state index contributed by atoms with van der Waals surface area (Å²) in [5.41, 5.74) is 2.18. The van der Waals surface area contributed by atoms with Gasteiger partial charge in [-0.05, 0) is 44.0 Å². The molecule has 0 fully saturated rings. The van der Waals surface area contributed by atoms with Gasteiger partial charge in [0.2, 0.25) is 17.6 Å². The number of methoxy groups -OCH3 is 2. The lowest BCUT2D eigenvalue weighted by molar-refractivity contribution is 0.0523. The number of carbonyl (C=O) groups excluding carboxylic acids is 1. The Morgan fingerprint density at radius 1 is 1.00 bits per heavy atom. The number of esters is 1.